The van der Waals surface area contributed by atoms with Crippen LogP contribution < -0.4 is 9.47 Å². The molecule has 144 valence electrons. The minimum Gasteiger partial charge on any atom is -0.493 e. The molecule has 0 bridgehead atoms. The van der Waals surface area contributed by atoms with E-state index in [1.165, 1.54) is 64.2 Å². The molecule has 0 aromatic heterocycles. The summed E-state index contributed by atoms with van der Waals surface area (Å²) in [5, 5.41) is 0. The molecule has 1 rings (SSSR count). The quantitative estimate of drug-likeness (QED) is 0.256. The Morgan fingerprint density at radius 3 is 1.80 bits per heavy atom. The molecular formula is C22H37BrO2. The average Bonchev–Trinajstić information content (AvgIpc) is 2.62. The van der Waals surface area contributed by atoms with Crippen molar-refractivity contribution in [2.24, 2.45) is 0 Å². The third kappa shape index (κ3) is 11.5. The van der Waals surface area contributed by atoms with Crippen LogP contribution in [-0.2, 0) is 0 Å². The Kier molecular flexibility index (Phi) is 13.9. The minimum absolute atomic E-state index is 0.783. The summed E-state index contributed by atoms with van der Waals surface area (Å²) < 4.78 is 12.8. The largest absolute Gasteiger partial charge is 0.493 e. The third-order valence-corrected chi connectivity index (χ3v) is 5.08. The molecule has 0 aliphatic heterocycles. The lowest BCUT2D eigenvalue weighted by Gasteiger charge is -2.11. The zero-order valence-corrected chi connectivity index (χ0v) is 17.9. The molecule has 2 nitrogen and oxygen atoms in total. The highest BCUT2D eigenvalue weighted by Crippen LogP contribution is 2.29. The van der Waals surface area contributed by atoms with Crippen LogP contribution in [0.3, 0.4) is 0 Å². The number of ether oxygens (including phenoxy) is 2. The highest BCUT2D eigenvalue weighted by molar-refractivity contribution is 9.10. The first-order valence-corrected chi connectivity index (χ1v) is 11.1. The number of hydrogen-bond acceptors (Lipinski definition) is 2. The Balaban J connectivity index is 2.19. The van der Waals surface area contributed by atoms with Gasteiger partial charge in [0.05, 0.1) is 17.7 Å². The Morgan fingerprint density at radius 2 is 1.20 bits per heavy atom. The molecule has 1 aromatic rings. The van der Waals surface area contributed by atoms with E-state index in [0.717, 1.165) is 42.0 Å². The lowest BCUT2D eigenvalue weighted by atomic mass is 10.1. The van der Waals surface area contributed by atoms with E-state index in [2.05, 4.69) is 29.8 Å². The van der Waals surface area contributed by atoms with Gasteiger partial charge in [0, 0.05) is 6.07 Å². The van der Waals surface area contributed by atoms with Crippen molar-refractivity contribution >= 4 is 15.9 Å². The van der Waals surface area contributed by atoms with Crippen LogP contribution in [0.4, 0.5) is 0 Å². The fraction of sp³-hybridized carbons (Fsp3) is 0.727. The zero-order valence-electron chi connectivity index (χ0n) is 16.3. The van der Waals surface area contributed by atoms with Gasteiger partial charge in [-0.2, -0.15) is 0 Å². The molecule has 3 heteroatoms. The molecule has 0 fully saturated rings. The van der Waals surface area contributed by atoms with Gasteiger partial charge >= 0.3 is 0 Å². The lowest BCUT2D eigenvalue weighted by Crippen LogP contribution is -2.00. The predicted molar refractivity (Wildman–Crippen MR) is 112 cm³/mol. The van der Waals surface area contributed by atoms with Crippen LogP contribution in [0.5, 0.6) is 11.5 Å². The minimum atomic E-state index is 0.783. The van der Waals surface area contributed by atoms with Gasteiger partial charge in [0.2, 0.25) is 0 Å². The van der Waals surface area contributed by atoms with E-state index in [1.807, 2.05) is 18.2 Å². The number of unbranched alkanes of at least 4 members (excludes halogenated alkanes) is 10. The average molecular weight is 413 g/mol. The molecule has 0 saturated heterocycles. The van der Waals surface area contributed by atoms with Crippen LogP contribution in [-0.4, -0.2) is 13.2 Å². The molecule has 0 saturated carbocycles. The van der Waals surface area contributed by atoms with Crippen molar-refractivity contribution in [3.05, 3.63) is 22.7 Å². The second-order valence-corrected chi connectivity index (χ2v) is 7.68. The van der Waals surface area contributed by atoms with Crippen LogP contribution in [0, 0.1) is 0 Å². The van der Waals surface area contributed by atoms with Crippen LogP contribution in [0.25, 0.3) is 0 Å². The molecule has 0 N–H and O–H groups in total. The van der Waals surface area contributed by atoms with Gasteiger partial charge in [0.1, 0.15) is 11.5 Å². The van der Waals surface area contributed by atoms with Gasteiger partial charge in [-0.3, -0.25) is 0 Å². The summed E-state index contributed by atoms with van der Waals surface area (Å²) in [4.78, 5) is 0. The van der Waals surface area contributed by atoms with Crippen LogP contribution in [0.2, 0.25) is 0 Å². The molecule has 0 atom stereocenters. The van der Waals surface area contributed by atoms with E-state index in [4.69, 9.17) is 9.47 Å². The topological polar surface area (TPSA) is 18.5 Å². The SMILES string of the molecule is CCCCCCCCOc1ccc(Br)c(OCCCCCCCC)c1. The first-order chi connectivity index (χ1) is 12.3. The van der Waals surface area contributed by atoms with E-state index in [-0.39, 0.29) is 0 Å². The van der Waals surface area contributed by atoms with Crippen LogP contribution >= 0.6 is 15.9 Å². The first-order valence-electron chi connectivity index (χ1n) is 10.3. The monoisotopic (exact) mass is 412 g/mol. The van der Waals surface area contributed by atoms with Gasteiger partial charge in [0.15, 0.2) is 0 Å². The summed E-state index contributed by atoms with van der Waals surface area (Å²) in [6, 6.07) is 6.05. The van der Waals surface area contributed by atoms with Crippen molar-refractivity contribution in [2.75, 3.05) is 13.2 Å². The first kappa shape index (κ1) is 22.3. The van der Waals surface area contributed by atoms with Gasteiger partial charge in [-0.05, 0) is 40.9 Å². The summed E-state index contributed by atoms with van der Waals surface area (Å²) in [5.74, 6) is 1.81. The van der Waals surface area contributed by atoms with Gasteiger partial charge < -0.3 is 9.47 Å². The molecule has 0 amide bonds. The van der Waals surface area contributed by atoms with E-state index in [9.17, 15) is 0 Å². The third-order valence-electron chi connectivity index (χ3n) is 4.42. The Hall–Kier alpha value is -0.700. The molecule has 0 unspecified atom stereocenters. The molecule has 0 radical (unpaired) electrons. The molecule has 0 aliphatic rings. The highest BCUT2D eigenvalue weighted by atomic mass is 79.9. The second kappa shape index (κ2) is 15.5. The zero-order chi connectivity index (χ0) is 18.2. The van der Waals surface area contributed by atoms with Crippen molar-refractivity contribution in [3.8, 4) is 11.5 Å². The molecule has 0 heterocycles. The standard InChI is InChI=1S/C22H37BrO2/c1-3-5-7-9-11-13-17-24-20-15-16-21(23)22(19-20)25-18-14-12-10-8-6-4-2/h15-16,19H,3-14,17-18H2,1-2H3. The van der Waals surface area contributed by atoms with Crippen molar-refractivity contribution in [1.82, 2.24) is 0 Å². The summed E-state index contributed by atoms with van der Waals surface area (Å²) in [5.41, 5.74) is 0. The maximum Gasteiger partial charge on any atom is 0.137 e. The Labute approximate surface area is 163 Å². The van der Waals surface area contributed by atoms with Gasteiger partial charge in [0.25, 0.3) is 0 Å². The second-order valence-electron chi connectivity index (χ2n) is 6.82. The van der Waals surface area contributed by atoms with Gasteiger partial charge in [-0.15, -0.1) is 0 Å². The number of halogens is 1. The van der Waals surface area contributed by atoms with E-state index < -0.39 is 0 Å². The van der Waals surface area contributed by atoms with Crippen molar-refractivity contribution < 1.29 is 9.47 Å². The Bertz CT molecular complexity index is 434. The summed E-state index contributed by atoms with van der Waals surface area (Å²) in [6.45, 7) is 6.08. The fourth-order valence-electron chi connectivity index (χ4n) is 2.82. The summed E-state index contributed by atoms with van der Waals surface area (Å²) in [7, 11) is 0. The summed E-state index contributed by atoms with van der Waals surface area (Å²) >= 11 is 3.57. The normalized spacial score (nSPS) is 10.8. The number of hydrogen-bond donors (Lipinski definition) is 0. The van der Waals surface area contributed by atoms with Gasteiger partial charge in [-0.25, -0.2) is 0 Å². The van der Waals surface area contributed by atoms with Crippen LogP contribution in [0.15, 0.2) is 22.7 Å². The van der Waals surface area contributed by atoms with E-state index in [0.29, 0.717) is 0 Å². The van der Waals surface area contributed by atoms with Crippen molar-refractivity contribution in [2.45, 2.75) is 90.9 Å². The summed E-state index contributed by atoms with van der Waals surface area (Å²) in [6.07, 6.45) is 15.4. The lowest BCUT2D eigenvalue weighted by molar-refractivity contribution is 0.288. The number of rotatable bonds is 16. The van der Waals surface area contributed by atoms with Crippen molar-refractivity contribution in [1.29, 1.82) is 0 Å². The van der Waals surface area contributed by atoms with E-state index in [1.54, 1.807) is 0 Å². The maximum absolute atomic E-state index is 5.93. The van der Waals surface area contributed by atoms with Crippen molar-refractivity contribution in [3.63, 3.8) is 0 Å². The van der Waals surface area contributed by atoms with Gasteiger partial charge in [-0.1, -0.05) is 78.1 Å². The number of benzene rings is 1. The highest BCUT2D eigenvalue weighted by Gasteiger charge is 2.04. The Morgan fingerprint density at radius 1 is 0.680 bits per heavy atom. The van der Waals surface area contributed by atoms with E-state index >= 15 is 0 Å². The molecule has 25 heavy (non-hydrogen) atoms. The maximum atomic E-state index is 5.93. The van der Waals surface area contributed by atoms with Crippen LogP contribution in [0.1, 0.15) is 90.9 Å². The molecule has 0 aliphatic carbocycles. The molecule has 0 spiro atoms. The fourth-order valence-corrected chi connectivity index (χ4v) is 3.18. The predicted octanol–water partition coefficient (Wildman–Crippen LogP) is 7.93. The molecular weight excluding hydrogens is 376 g/mol. The smallest absolute Gasteiger partial charge is 0.137 e. The molecule has 1 aromatic carbocycles.